The van der Waals surface area contributed by atoms with Gasteiger partial charge in [-0.15, -0.1) is 11.3 Å². The lowest BCUT2D eigenvalue weighted by Gasteiger charge is -1.95. The van der Waals surface area contributed by atoms with E-state index >= 15 is 0 Å². The van der Waals surface area contributed by atoms with Crippen molar-refractivity contribution in [2.45, 2.75) is 5.33 Å². The normalized spacial score (nSPS) is 10.0. The molecule has 0 aliphatic rings. The minimum absolute atomic E-state index is 0.142. The molecule has 1 rings (SSSR count). The molecule has 0 fully saturated rings. The van der Waals surface area contributed by atoms with Crippen LogP contribution in [-0.2, 0) is 5.33 Å². The lowest BCUT2D eigenvalue weighted by Crippen LogP contribution is -2.04. The van der Waals surface area contributed by atoms with Crippen LogP contribution in [0, 0.1) is 0 Å². The Morgan fingerprint density at radius 1 is 1.73 bits per heavy atom. The van der Waals surface area contributed by atoms with Crippen molar-refractivity contribution >= 4 is 32.4 Å². The Kier molecular flexibility index (Phi) is 3.82. The van der Waals surface area contributed by atoms with Gasteiger partial charge in [-0.2, -0.15) is 0 Å². The lowest BCUT2D eigenvalue weighted by molar-refractivity contribution is 0.311. The summed E-state index contributed by atoms with van der Waals surface area (Å²) >= 11 is 4.86. The first kappa shape index (κ1) is 8.96. The molecule has 3 nitrogen and oxygen atoms in total. The summed E-state index contributed by atoms with van der Waals surface area (Å²) in [5.41, 5.74) is 1.02. The van der Waals surface area contributed by atoms with Crippen molar-refractivity contribution in [1.29, 1.82) is 0 Å². The van der Waals surface area contributed by atoms with Crippen LogP contribution in [0.25, 0.3) is 0 Å². The molecule has 0 atom stereocenters. The van der Waals surface area contributed by atoms with E-state index in [1.165, 1.54) is 0 Å². The van der Waals surface area contributed by atoms with E-state index in [1.54, 1.807) is 11.3 Å². The van der Waals surface area contributed by atoms with E-state index in [0.717, 1.165) is 16.2 Å². The van der Waals surface area contributed by atoms with Gasteiger partial charge in [0.2, 0.25) is 0 Å². The van der Waals surface area contributed by atoms with Gasteiger partial charge in [0.25, 0.3) is 0 Å². The zero-order chi connectivity index (χ0) is 8.10. The molecular formula is C6H9BrN2OS. The first-order valence-electron chi connectivity index (χ1n) is 3.22. The highest BCUT2D eigenvalue weighted by atomic mass is 79.9. The topological polar surface area (TPSA) is 45.1 Å². The van der Waals surface area contributed by atoms with E-state index in [2.05, 4.69) is 26.2 Å². The van der Waals surface area contributed by atoms with Crippen LogP contribution in [-0.4, -0.2) is 23.2 Å². The van der Waals surface area contributed by atoms with E-state index in [1.807, 2.05) is 5.38 Å². The number of rotatable bonds is 4. The molecule has 0 spiro atoms. The van der Waals surface area contributed by atoms with Crippen LogP contribution in [0.1, 0.15) is 5.69 Å². The molecule has 1 aromatic rings. The fraction of sp³-hybridized carbons (Fsp3) is 0.500. The number of alkyl halides is 1. The molecule has 62 valence electrons. The minimum Gasteiger partial charge on any atom is -0.395 e. The molecule has 0 saturated heterocycles. The minimum atomic E-state index is 0.142. The van der Waals surface area contributed by atoms with Gasteiger partial charge >= 0.3 is 0 Å². The summed E-state index contributed by atoms with van der Waals surface area (Å²) in [5.74, 6) is 0. The monoisotopic (exact) mass is 236 g/mol. The number of nitrogens with zero attached hydrogens (tertiary/aromatic N) is 1. The highest BCUT2D eigenvalue weighted by Gasteiger charge is 1.97. The summed E-state index contributed by atoms with van der Waals surface area (Å²) in [6.07, 6.45) is 0. The Bertz CT molecular complexity index is 216. The first-order chi connectivity index (χ1) is 5.36. The fourth-order valence-electron chi connectivity index (χ4n) is 0.612. The third-order valence-electron chi connectivity index (χ3n) is 1.08. The van der Waals surface area contributed by atoms with Gasteiger partial charge in [-0.25, -0.2) is 4.98 Å². The molecule has 0 amide bonds. The van der Waals surface area contributed by atoms with Crippen LogP contribution in [0.15, 0.2) is 5.38 Å². The average Bonchev–Trinajstić information content (AvgIpc) is 2.48. The summed E-state index contributed by atoms with van der Waals surface area (Å²) in [6.45, 7) is 0.707. The number of hydrogen-bond donors (Lipinski definition) is 2. The van der Waals surface area contributed by atoms with Gasteiger partial charge in [-0.1, -0.05) is 15.9 Å². The van der Waals surface area contributed by atoms with Crippen LogP contribution >= 0.6 is 27.3 Å². The van der Waals surface area contributed by atoms with Crippen LogP contribution in [0.4, 0.5) is 5.13 Å². The summed E-state index contributed by atoms with van der Waals surface area (Å²) in [7, 11) is 0. The van der Waals surface area contributed by atoms with Crippen molar-refractivity contribution in [1.82, 2.24) is 4.98 Å². The maximum absolute atomic E-state index is 8.50. The molecule has 11 heavy (non-hydrogen) atoms. The molecule has 2 N–H and O–H groups in total. The van der Waals surface area contributed by atoms with E-state index in [4.69, 9.17) is 5.11 Å². The number of aliphatic hydroxyl groups is 1. The van der Waals surface area contributed by atoms with Crippen molar-refractivity contribution in [2.24, 2.45) is 0 Å². The summed E-state index contributed by atoms with van der Waals surface area (Å²) in [4.78, 5) is 4.22. The van der Waals surface area contributed by atoms with Gasteiger partial charge in [-0.3, -0.25) is 0 Å². The predicted molar refractivity (Wildman–Crippen MR) is 50.3 cm³/mol. The zero-order valence-electron chi connectivity index (χ0n) is 5.88. The van der Waals surface area contributed by atoms with E-state index < -0.39 is 0 Å². The molecule has 0 aliphatic carbocycles. The highest BCUT2D eigenvalue weighted by Crippen LogP contribution is 2.16. The molecule has 0 aromatic carbocycles. The number of hydrogen-bond acceptors (Lipinski definition) is 4. The quantitative estimate of drug-likeness (QED) is 0.779. The Hall–Kier alpha value is -0.130. The van der Waals surface area contributed by atoms with Crippen LogP contribution < -0.4 is 5.32 Å². The maximum Gasteiger partial charge on any atom is 0.182 e. The molecule has 0 saturated carbocycles. The molecule has 5 heteroatoms. The summed E-state index contributed by atoms with van der Waals surface area (Å²) < 4.78 is 0. The molecule has 0 bridgehead atoms. The Balaban J connectivity index is 2.44. The molecule has 1 aromatic heterocycles. The Morgan fingerprint density at radius 3 is 3.09 bits per heavy atom. The van der Waals surface area contributed by atoms with Crippen molar-refractivity contribution in [2.75, 3.05) is 18.5 Å². The van der Waals surface area contributed by atoms with Crippen molar-refractivity contribution in [3.63, 3.8) is 0 Å². The number of thiazole rings is 1. The van der Waals surface area contributed by atoms with Gasteiger partial charge in [0.1, 0.15) is 0 Å². The summed E-state index contributed by atoms with van der Waals surface area (Å²) in [6, 6.07) is 0. The predicted octanol–water partition coefficient (Wildman–Crippen LogP) is 1.44. The standard InChI is InChI=1S/C6H9BrN2OS/c7-3-5-4-11-6(9-5)8-1-2-10/h4,10H,1-3H2,(H,8,9). The Morgan fingerprint density at radius 2 is 2.55 bits per heavy atom. The molecule has 1 heterocycles. The smallest absolute Gasteiger partial charge is 0.182 e. The van der Waals surface area contributed by atoms with Crippen LogP contribution in [0.3, 0.4) is 0 Å². The second-order valence-corrected chi connectivity index (χ2v) is 3.35. The van der Waals surface area contributed by atoms with Crippen molar-refractivity contribution < 1.29 is 5.11 Å². The second kappa shape index (κ2) is 4.69. The molecular weight excluding hydrogens is 228 g/mol. The summed E-state index contributed by atoms with van der Waals surface area (Å²) in [5, 5.41) is 15.1. The van der Waals surface area contributed by atoms with E-state index in [-0.39, 0.29) is 6.61 Å². The van der Waals surface area contributed by atoms with Gasteiger partial charge in [0.15, 0.2) is 5.13 Å². The number of aromatic nitrogens is 1. The SMILES string of the molecule is OCCNc1nc(CBr)cs1. The van der Waals surface area contributed by atoms with Gasteiger partial charge < -0.3 is 10.4 Å². The average molecular weight is 237 g/mol. The lowest BCUT2D eigenvalue weighted by atomic mass is 10.6. The third-order valence-corrected chi connectivity index (χ3v) is 2.50. The van der Waals surface area contributed by atoms with Crippen molar-refractivity contribution in [3.8, 4) is 0 Å². The third kappa shape index (κ3) is 2.76. The van der Waals surface area contributed by atoms with Gasteiger partial charge in [0, 0.05) is 17.3 Å². The van der Waals surface area contributed by atoms with Crippen LogP contribution in [0.5, 0.6) is 0 Å². The Labute approximate surface area is 77.6 Å². The molecule has 0 unspecified atom stereocenters. The molecule has 0 radical (unpaired) electrons. The molecule has 0 aliphatic heterocycles. The number of halogens is 1. The fourth-order valence-corrected chi connectivity index (χ4v) is 1.85. The van der Waals surface area contributed by atoms with Crippen LogP contribution in [0.2, 0.25) is 0 Å². The largest absolute Gasteiger partial charge is 0.395 e. The van der Waals surface area contributed by atoms with E-state index in [9.17, 15) is 0 Å². The van der Waals surface area contributed by atoms with E-state index in [0.29, 0.717) is 6.54 Å². The van der Waals surface area contributed by atoms with Gasteiger partial charge in [0.05, 0.1) is 12.3 Å². The zero-order valence-corrected chi connectivity index (χ0v) is 8.28. The first-order valence-corrected chi connectivity index (χ1v) is 5.22. The van der Waals surface area contributed by atoms with Gasteiger partial charge in [-0.05, 0) is 0 Å². The number of anilines is 1. The number of aliphatic hydroxyl groups excluding tert-OH is 1. The second-order valence-electron chi connectivity index (χ2n) is 1.93. The maximum atomic E-state index is 8.50. The number of nitrogens with one attached hydrogen (secondary N) is 1. The highest BCUT2D eigenvalue weighted by molar-refractivity contribution is 9.08. The van der Waals surface area contributed by atoms with Crippen molar-refractivity contribution in [3.05, 3.63) is 11.1 Å².